The summed E-state index contributed by atoms with van der Waals surface area (Å²) < 4.78 is 9.63. The summed E-state index contributed by atoms with van der Waals surface area (Å²) in [6.45, 7) is 0.323. The first kappa shape index (κ1) is 16.3. The highest BCUT2D eigenvalue weighted by molar-refractivity contribution is 5.84. The fourth-order valence-electron chi connectivity index (χ4n) is 1.09. The Labute approximate surface area is 104 Å². The summed E-state index contributed by atoms with van der Waals surface area (Å²) in [6, 6.07) is -1.14. The van der Waals surface area contributed by atoms with Crippen molar-refractivity contribution in [1.82, 2.24) is 5.32 Å². The SMILES string of the molecule is COCCOCC(=O)N[C@@H](CCC(N)=O)C(=O)O. The second kappa shape index (κ2) is 9.37. The molecule has 104 valence electrons. The molecule has 0 aliphatic rings. The van der Waals surface area contributed by atoms with Crippen LogP contribution in [0.4, 0.5) is 0 Å². The third-order valence-corrected chi connectivity index (χ3v) is 1.98. The molecule has 1 atom stereocenters. The van der Waals surface area contributed by atoms with Gasteiger partial charge in [-0.2, -0.15) is 0 Å². The van der Waals surface area contributed by atoms with E-state index in [0.717, 1.165) is 0 Å². The van der Waals surface area contributed by atoms with Crippen molar-refractivity contribution in [2.24, 2.45) is 5.73 Å². The number of amides is 2. The van der Waals surface area contributed by atoms with Crippen LogP contribution in [0, 0.1) is 0 Å². The summed E-state index contributed by atoms with van der Waals surface area (Å²) >= 11 is 0. The fraction of sp³-hybridized carbons (Fsp3) is 0.700. The summed E-state index contributed by atoms with van der Waals surface area (Å²) in [5.74, 6) is -2.41. The molecule has 0 aliphatic heterocycles. The highest BCUT2D eigenvalue weighted by atomic mass is 16.5. The molecular formula is C10H18N2O6. The van der Waals surface area contributed by atoms with Crippen LogP contribution < -0.4 is 11.1 Å². The predicted molar refractivity (Wildman–Crippen MR) is 60.7 cm³/mol. The number of nitrogens with two attached hydrogens (primary N) is 1. The summed E-state index contributed by atoms with van der Waals surface area (Å²) in [7, 11) is 1.49. The molecule has 0 heterocycles. The molecule has 0 radical (unpaired) electrons. The van der Waals surface area contributed by atoms with Crippen LogP contribution in [0.5, 0.6) is 0 Å². The van der Waals surface area contributed by atoms with E-state index in [-0.39, 0.29) is 26.1 Å². The number of carboxylic acid groups (broad SMARTS) is 1. The van der Waals surface area contributed by atoms with Crippen LogP contribution in [-0.2, 0) is 23.9 Å². The zero-order valence-electron chi connectivity index (χ0n) is 10.2. The molecule has 0 spiro atoms. The van der Waals surface area contributed by atoms with E-state index in [1.54, 1.807) is 0 Å². The lowest BCUT2D eigenvalue weighted by atomic mass is 10.1. The molecule has 4 N–H and O–H groups in total. The van der Waals surface area contributed by atoms with Crippen LogP contribution in [0.25, 0.3) is 0 Å². The molecule has 0 aliphatic carbocycles. The Kier molecular flexibility index (Phi) is 8.50. The molecule has 8 heteroatoms. The van der Waals surface area contributed by atoms with Crippen molar-refractivity contribution in [2.45, 2.75) is 18.9 Å². The minimum atomic E-state index is -1.22. The second-order valence-electron chi connectivity index (χ2n) is 3.51. The van der Waals surface area contributed by atoms with Crippen molar-refractivity contribution >= 4 is 17.8 Å². The molecule has 0 bridgehead atoms. The Bertz CT molecular complexity index is 294. The number of hydrogen-bond acceptors (Lipinski definition) is 5. The number of hydrogen-bond donors (Lipinski definition) is 3. The maximum Gasteiger partial charge on any atom is 0.326 e. The van der Waals surface area contributed by atoms with E-state index in [4.69, 9.17) is 20.3 Å². The van der Waals surface area contributed by atoms with Crippen LogP contribution in [0.2, 0.25) is 0 Å². The summed E-state index contributed by atoms with van der Waals surface area (Å²) in [5.41, 5.74) is 4.90. The summed E-state index contributed by atoms with van der Waals surface area (Å²) in [4.78, 5) is 32.6. The predicted octanol–water partition coefficient (Wildman–Crippen LogP) is -1.52. The van der Waals surface area contributed by atoms with E-state index in [0.29, 0.717) is 6.61 Å². The van der Waals surface area contributed by atoms with E-state index in [1.165, 1.54) is 7.11 Å². The maximum absolute atomic E-state index is 11.3. The highest BCUT2D eigenvalue weighted by Crippen LogP contribution is 1.97. The normalized spacial score (nSPS) is 11.8. The van der Waals surface area contributed by atoms with Gasteiger partial charge in [0.2, 0.25) is 11.8 Å². The second-order valence-corrected chi connectivity index (χ2v) is 3.51. The van der Waals surface area contributed by atoms with Crippen LogP contribution in [0.1, 0.15) is 12.8 Å². The Balaban J connectivity index is 3.96. The van der Waals surface area contributed by atoms with Gasteiger partial charge >= 0.3 is 5.97 Å². The molecule has 2 amide bonds. The van der Waals surface area contributed by atoms with Crippen molar-refractivity contribution in [3.8, 4) is 0 Å². The maximum atomic E-state index is 11.3. The lowest BCUT2D eigenvalue weighted by Gasteiger charge is -2.13. The zero-order valence-corrected chi connectivity index (χ0v) is 10.2. The molecular weight excluding hydrogens is 244 g/mol. The quantitative estimate of drug-likeness (QED) is 0.410. The fourth-order valence-corrected chi connectivity index (χ4v) is 1.09. The molecule has 0 aromatic rings. The van der Waals surface area contributed by atoms with Crippen LogP contribution in [0.15, 0.2) is 0 Å². The smallest absolute Gasteiger partial charge is 0.326 e. The first-order valence-corrected chi connectivity index (χ1v) is 5.34. The van der Waals surface area contributed by atoms with Crippen LogP contribution >= 0.6 is 0 Å². The first-order valence-electron chi connectivity index (χ1n) is 5.34. The van der Waals surface area contributed by atoms with Crippen molar-refractivity contribution in [3.63, 3.8) is 0 Å². The summed E-state index contributed by atoms with van der Waals surface area (Å²) in [5, 5.41) is 11.1. The number of carbonyl (C=O) groups is 3. The summed E-state index contributed by atoms with van der Waals surface area (Å²) in [6.07, 6.45) is -0.156. The topological polar surface area (TPSA) is 128 Å². The zero-order chi connectivity index (χ0) is 14.0. The van der Waals surface area contributed by atoms with Crippen molar-refractivity contribution in [1.29, 1.82) is 0 Å². The van der Waals surface area contributed by atoms with Crippen molar-refractivity contribution in [2.75, 3.05) is 26.9 Å². The van der Waals surface area contributed by atoms with Gasteiger partial charge in [0, 0.05) is 13.5 Å². The number of rotatable bonds is 10. The number of aliphatic carboxylic acids is 1. The average Bonchev–Trinajstić information content (AvgIpc) is 2.29. The van der Waals surface area contributed by atoms with E-state index >= 15 is 0 Å². The van der Waals surface area contributed by atoms with Crippen molar-refractivity contribution in [3.05, 3.63) is 0 Å². The average molecular weight is 262 g/mol. The molecule has 0 aromatic heterocycles. The van der Waals surface area contributed by atoms with Gasteiger partial charge in [0.05, 0.1) is 13.2 Å². The van der Waals surface area contributed by atoms with Gasteiger partial charge in [-0.1, -0.05) is 0 Å². The van der Waals surface area contributed by atoms with Crippen LogP contribution in [-0.4, -0.2) is 55.9 Å². The Hall–Kier alpha value is -1.67. The molecule has 0 saturated heterocycles. The lowest BCUT2D eigenvalue weighted by molar-refractivity contribution is -0.143. The molecule has 0 saturated carbocycles. The first-order chi connectivity index (χ1) is 8.47. The van der Waals surface area contributed by atoms with Gasteiger partial charge in [0.1, 0.15) is 12.6 Å². The van der Waals surface area contributed by atoms with E-state index in [1.807, 2.05) is 0 Å². The molecule has 18 heavy (non-hydrogen) atoms. The Morgan fingerprint density at radius 1 is 1.33 bits per heavy atom. The van der Waals surface area contributed by atoms with Crippen LogP contribution in [0.3, 0.4) is 0 Å². The largest absolute Gasteiger partial charge is 0.480 e. The monoisotopic (exact) mass is 262 g/mol. The molecule has 0 aromatic carbocycles. The van der Waals surface area contributed by atoms with Gasteiger partial charge in [-0.3, -0.25) is 9.59 Å². The van der Waals surface area contributed by atoms with Gasteiger partial charge in [-0.25, -0.2) is 4.79 Å². The van der Waals surface area contributed by atoms with Gasteiger partial charge in [0.15, 0.2) is 0 Å². The number of methoxy groups -OCH3 is 1. The third kappa shape index (κ3) is 8.48. The molecule has 0 unspecified atom stereocenters. The molecule has 0 fully saturated rings. The Morgan fingerprint density at radius 3 is 2.50 bits per heavy atom. The van der Waals surface area contributed by atoms with E-state index in [9.17, 15) is 14.4 Å². The lowest BCUT2D eigenvalue weighted by Crippen LogP contribution is -2.43. The van der Waals surface area contributed by atoms with Gasteiger partial charge < -0.3 is 25.6 Å². The Morgan fingerprint density at radius 2 is 2.00 bits per heavy atom. The van der Waals surface area contributed by atoms with Gasteiger partial charge in [-0.15, -0.1) is 0 Å². The number of primary amides is 1. The molecule has 8 nitrogen and oxygen atoms in total. The number of carbonyl (C=O) groups excluding carboxylic acids is 2. The van der Waals surface area contributed by atoms with E-state index in [2.05, 4.69) is 5.32 Å². The standard InChI is InChI=1S/C10H18N2O6/c1-17-4-5-18-6-9(14)12-7(10(15)16)2-3-8(11)13/h7H,2-6H2,1H3,(H2,11,13)(H,12,14)(H,15,16)/t7-/m0/s1. The van der Waals surface area contributed by atoms with Gasteiger partial charge in [0.25, 0.3) is 0 Å². The number of ether oxygens (including phenoxy) is 2. The third-order valence-electron chi connectivity index (χ3n) is 1.98. The van der Waals surface area contributed by atoms with Crippen molar-refractivity contribution < 1.29 is 29.0 Å². The molecule has 0 rings (SSSR count). The van der Waals surface area contributed by atoms with E-state index < -0.39 is 23.8 Å². The minimum Gasteiger partial charge on any atom is -0.480 e. The number of carboxylic acids is 1. The highest BCUT2D eigenvalue weighted by Gasteiger charge is 2.20. The minimum absolute atomic E-state index is 0.0471. The van der Waals surface area contributed by atoms with Gasteiger partial charge in [-0.05, 0) is 6.42 Å². The number of nitrogens with one attached hydrogen (secondary N) is 1.